The second-order valence-electron chi connectivity index (χ2n) is 4.67. The van der Waals surface area contributed by atoms with Gasteiger partial charge in [-0.2, -0.15) is 5.10 Å². The van der Waals surface area contributed by atoms with Gasteiger partial charge in [0.15, 0.2) is 0 Å². The van der Waals surface area contributed by atoms with Crippen LogP contribution >= 0.6 is 15.9 Å². The second kappa shape index (κ2) is 6.15. The third kappa shape index (κ3) is 2.80. The van der Waals surface area contributed by atoms with Crippen LogP contribution in [0.4, 0.5) is 0 Å². The first-order valence-corrected chi connectivity index (χ1v) is 7.47. The Morgan fingerprint density at radius 1 is 1.14 bits per heavy atom. The van der Waals surface area contributed by atoms with Crippen molar-refractivity contribution < 1.29 is 9.53 Å². The van der Waals surface area contributed by atoms with E-state index in [0.717, 1.165) is 15.7 Å². The summed E-state index contributed by atoms with van der Waals surface area (Å²) in [6, 6.07) is 17.3. The van der Waals surface area contributed by atoms with Gasteiger partial charge >= 0.3 is 5.97 Å². The molecule has 0 fully saturated rings. The van der Waals surface area contributed by atoms with Crippen LogP contribution in [-0.4, -0.2) is 22.9 Å². The molecule has 110 valence electrons. The summed E-state index contributed by atoms with van der Waals surface area (Å²) in [5, 5.41) is 4.56. The molecular formula is C17H13BrN2O2. The van der Waals surface area contributed by atoms with E-state index in [9.17, 15) is 4.79 Å². The number of hydrogen-bond acceptors (Lipinski definition) is 3. The van der Waals surface area contributed by atoms with Crippen molar-refractivity contribution in [2.75, 3.05) is 7.11 Å². The highest BCUT2D eigenvalue weighted by Gasteiger charge is 2.19. The van der Waals surface area contributed by atoms with Crippen molar-refractivity contribution >= 4 is 21.9 Å². The maximum absolute atomic E-state index is 12.0. The van der Waals surface area contributed by atoms with Crippen LogP contribution in [0.3, 0.4) is 0 Å². The Kier molecular flexibility index (Phi) is 4.06. The van der Waals surface area contributed by atoms with E-state index in [2.05, 4.69) is 21.0 Å². The van der Waals surface area contributed by atoms with Crippen LogP contribution in [0.5, 0.6) is 0 Å². The maximum atomic E-state index is 12.0. The van der Waals surface area contributed by atoms with Crippen LogP contribution in [0.1, 0.15) is 10.4 Å². The molecule has 0 radical (unpaired) electrons. The number of benzene rings is 2. The Hall–Kier alpha value is -2.40. The molecule has 0 N–H and O–H groups in total. The molecule has 0 saturated carbocycles. The Morgan fingerprint density at radius 2 is 1.91 bits per heavy atom. The van der Waals surface area contributed by atoms with Crippen LogP contribution in [0.25, 0.3) is 16.9 Å². The zero-order chi connectivity index (χ0) is 15.5. The van der Waals surface area contributed by atoms with Crippen molar-refractivity contribution in [3.63, 3.8) is 0 Å². The van der Waals surface area contributed by atoms with Crippen molar-refractivity contribution in [2.45, 2.75) is 0 Å². The summed E-state index contributed by atoms with van der Waals surface area (Å²) >= 11 is 3.44. The quantitative estimate of drug-likeness (QED) is 0.664. The number of carbonyl (C=O) groups excluding carboxylic acids is 1. The maximum Gasteiger partial charge on any atom is 0.341 e. The van der Waals surface area contributed by atoms with Crippen molar-refractivity contribution in [2.24, 2.45) is 0 Å². The molecule has 3 rings (SSSR count). The van der Waals surface area contributed by atoms with Gasteiger partial charge in [0.25, 0.3) is 0 Å². The highest BCUT2D eigenvalue weighted by atomic mass is 79.9. The number of methoxy groups -OCH3 is 1. The Morgan fingerprint density at radius 3 is 2.59 bits per heavy atom. The molecule has 3 aromatic rings. The van der Waals surface area contributed by atoms with Gasteiger partial charge in [-0.1, -0.05) is 46.3 Å². The Labute approximate surface area is 136 Å². The topological polar surface area (TPSA) is 44.1 Å². The van der Waals surface area contributed by atoms with Crippen LogP contribution in [0.15, 0.2) is 65.3 Å². The molecule has 0 saturated heterocycles. The number of carbonyl (C=O) groups is 1. The predicted octanol–water partition coefficient (Wildman–Crippen LogP) is 4.09. The van der Waals surface area contributed by atoms with Gasteiger partial charge in [-0.15, -0.1) is 0 Å². The minimum absolute atomic E-state index is 0.405. The van der Waals surface area contributed by atoms with E-state index in [1.807, 2.05) is 54.6 Å². The molecule has 0 spiro atoms. The first-order valence-electron chi connectivity index (χ1n) is 6.68. The molecule has 0 aliphatic heterocycles. The normalized spacial score (nSPS) is 10.5. The molecule has 4 nitrogen and oxygen atoms in total. The lowest BCUT2D eigenvalue weighted by Crippen LogP contribution is -2.01. The monoisotopic (exact) mass is 356 g/mol. The number of halogens is 1. The van der Waals surface area contributed by atoms with Gasteiger partial charge in [-0.3, -0.25) is 0 Å². The molecule has 0 aliphatic rings. The summed E-state index contributed by atoms with van der Waals surface area (Å²) < 4.78 is 7.48. The smallest absolute Gasteiger partial charge is 0.341 e. The summed E-state index contributed by atoms with van der Waals surface area (Å²) in [5.74, 6) is -0.405. The number of para-hydroxylation sites is 1. The number of esters is 1. The Balaban J connectivity index is 2.16. The van der Waals surface area contributed by atoms with Gasteiger partial charge in [-0.05, 0) is 24.3 Å². The van der Waals surface area contributed by atoms with Gasteiger partial charge in [0.2, 0.25) is 0 Å². The number of aromatic nitrogens is 2. The molecule has 1 heterocycles. The van der Waals surface area contributed by atoms with Crippen LogP contribution in [0.2, 0.25) is 0 Å². The lowest BCUT2D eigenvalue weighted by atomic mass is 10.1. The standard InChI is InChI=1S/C17H13BrN2O2/c1-22-17(21)15-11-20(14-8-3-2-4-9-14)19-16(15)12-6-5-7-13(18)10-12/h2-11H,1H3. The minimum Gasteiger partial charge on any atom is -0.465 e. The van der Waals surface area contributed by atoms with E-state index in [-0.39, 0.29) is 0 Å². The molecule has 0 aliphatic carbocycles. The fourth-order valence-electron chi connectivity index (χ4n) is 2.20. The highest BCUT2D eigenvalue weighted by molar-refractivity contribution is 9.10. The molecule has 0 bridgehead atoms. The largest absolute Gasteiger partial charge is 0.465 e. The number of rotatable bonds is 3. The van der Waals surface area contributed by atoms with Crippen LogP contribution < -0.4 is 0 Å². The summed E-state index contributed by atoms with van der Waals surface area (Å²) in [6.45, 7) is 0. The zero-order valence-corrected chi connectivity index (χ0v) is 13.4. The predicted molar refractivity (Wildman–Crippen MR) is 88.0 cm³/mol. The number of ether oxygens (including phenoxy) is 1. The molecule has 22 heavy (non-hydrogen) atoms. The van der Waals surface area contributed by atoms with Gasteiger partial charge in [0.1, 0.15) is 11.3 Å². The molecule has 0 amide bonds. The first kappa shape index (κ1) is 14.5. The lowest BCUT2D eigenvalue weighted by Gasteiger charge is -2.01. The number of nitrogens with zero attached hydrogens (tertiary/aromatic N) is 2. The van der Waals surface area contributed by atoms with Crippen LogP contribution in [-0.2, 0) is 4.74 Å². The molecule has 1 aromatic heterocycles. The first-order chi connectivity index (χ1) is 10.7. The van der Waals surface area contributed by atoms with Crippen LogP contribution in [0, 0.1) is 0 Å². The Bertz CT molecular complexity index is 813. The fraction of sp³-hybridized carbons (Fsp3) is 0.0588. The van der Waals surface area contributed by atoms with Gasteiger partial charge in [0, 0.05) is 16.2 Å². The van der Waals surface area contributed by atoms with E-state index < -0.39 is 5.97 Å². The van der Waals surface area contributed by atoms with Gasteiger partial charge in [-0.25, -0.2) is 9.48 Å². The van der Waals surface area contributed by atoms with Crippen molar-refractivity contribution in [3.05, 3.63) is 70.8 Å². The average molecular weight is 357 g/mol. The molecule has 5 heteroatoms. The molecule has 2 aromatic carbocycles. The second-order valence-corrected chi connectivity index (χ2v) is 5.59. The third-order valence-corrected chi connectivity index (χ3v) is 3.73. The number of hydrogen-bond donors (Lipinski definition) is 0. The summed E-state index contributed by atoms with van der Waals surface area (Å²) in [4.78, 5) is 12.0. The van der Waals surface area contributed by atoms with Gasteiger partial charge in [0.05, 0.1) is 12.8 Å². The van der Waals surface area contributed by atoms with E-state index in [4.69, 9.17) is 4.74 Å². The zero-order valence-electron chi connectivity index (χ0n) is 11.9. The third-order valence-electron chi connectivity index (χ3n) is 3.24. The van der Waals surface area contributed by atoms with Crippen molar-refractivity contribution in [1.29, 1.82) is 0 Å². The highest BCUT2D eigenvalue weighted by Crippen LogP contribution is 2.26. The molecule has 0 unspecified atom stereocenters. The molecule has 0 atom stereocenters. The molecular weight excluding hydrogens is 344 g/mol. The van der Waals surface area contributed by atoms with E-state index in [1.165, 1.54) is 7.11 Å². The van der Waals surface area contributed by atoms with E-state index >= 15 is 0 Å². The summed E-state index contributed by atoms with van der Waals surface area (Å²) in [6.07, 6.45) is 1.69. The summed E-state index contributed by atoms with van der Waals surface area (Å²) in [7, 11) is 1.37. The van der Waals surface area contributed by atoms with E-state index in [0.29, 0.717) is 11.3 Å². The van der Waals surface area contributed by atoms with Crippen molar-refractivity contribution in [3.8, 4) is 16.9 Å². The SMILES string of the molecule is COC(=O)c1cn(-c2ccccc2)nc1-c1cccc(Br)c1. The summed E-state index contributed by atoms with van der Waals surface area (Å²) in [5.41, 5.74) is 2.76. The average Bonchev–Trinajstić information content (AvgIpc) is 3.00. The fourth-order valence-corrected chi connectivity index (χ4v) is 2.59. The minimum atomic E-state index is -0.405. The van der Waals surface area contributed by atoms with E-state index in [1.54, 1.807) is 10.9 Å². The van der Waals surface area contributed by atoms with Crippen molar-refractivity contribution in [1.82, 2.24) is 9.78 Å². The van der Waals surface area contributed by atoms with Gasteiger partial charge < -0.3 is 4.74 Å². The lowest BCUT2D eigenvalue weighted by molar-refractivity contribution is 0.0601.